The lowest BCUT2D eigenvalue weighted by Crippen LogP contribution is -2.28. The second-order valence-electron chi connectivity index (χ2n) is 6.71. The van der Waals surface area contributed by atoms with E-state index in [0.717, 1.165) is 22.7 Å². The molecule has 10 nitrogen and oxygen atoms in total. The quantitative estimate of drug-likeness (QED) is 0.172. The molecular formula is C20H16F3N3O7S2. The second-order valence-corrected chi connectivity index (χ2v) is 9.31. The molecule has 0 saturated carbocycles. The van der Waals surface area contributed by atoms with E-state index in [9.17, 15) is 41.8 Å². The van der Waals surface area contributed by atoms with Gasteiger partial charge >= 0.3 is 21.3 Å². The van der Waals surface area contributed by atoms with Crippen molar-refractivity contribution in [2.24, 2.45) is 0 Å². The van der Waals surface area contributed by atoms with E-state index in [2.05, 4.69) is 9.17 Å². The Hall–Kier alpha value is -3.72. The van der Waals surface area contributed by atoms with Gasteiger partial charge in [-0.15, -0.1) is 0 Å². The van der Waals surface area contributed by atoms with Gasteiger partial charge in [-0.25, -0.2) is 4.98 Å². The molecular weight excluding hydrogens is 515 g/mol. The third-order valence-electron chi connectivity index (χ3n) is 3.96. The molecule has 15 heteroatoms. The van der Waals surface area contributed by atoms with E-state index >= 15 is 0 Å². The Bertz CT molecular complexity index is 1340. The fourth-order valence-electron chi connectivity index (χ4n) is 2.38. The number of aromatic nitrogens is 1. The number of halogens is 3. The number of nitrogens with zero attached hydrogens (tertiary/aromatic N) is 3. The fourth-order valence-corrected chi connectivity index (χ4v) is 3.71. The number of nitro groups is 2. The molecule has 0 aliphatic heterocycles. The smallest absolute Gasteiger partial charge is 0.369 e. The first-order valence-corrected chi connectivity index (χ1v) is 11.5. The molecule has 2 aromatic carbocycles. The number of alkyl halides is 3. The molecule has 0 aliphatic rings. The Morgan fingerprint density at radius 3 is 2.00 bits per heavy atom. The second kappa shape index (κ2) is 11.1. The van der Waals surface area contributed by atoms with Gasteiger partial charge in [0.2, 0.25) is 5.75 Å². The van der Waals surface area contributed by atoms with Gasteiger partial charge in [0.1, 0.15) is 5.03 Å². The lowest BCUT2D eigenvalue weighted by molar-refractivity contribution is -0.387. The number of rotatable bonds is 6. The molecule has 3 rings (SSSR count). The van der Waals surface area contributed by atoms with Crippen molar-refractivity contribution in [1.29, 1.82) is 0 Å². The third-order valence-corrected chi connectivity index (χ3v) is 5.94. The SMILES string of the molecule is Cc1ccc(OS(=O)(=O)C(F)(F)F)c([N+](=O)[O-])c1.Cc1ccc(Sc2ccccn2)c([N+](=O)[O-])c1. The summed E-state index contributed by atoms with van der Waals surface area (Å²) in [5, 5.41) is 22.2. The van der Waals surface area contributed by atoms with Gasteiger partial charge in [0.15, 0.2) is 0 Å². The summed E-state index contributed by atoms with van der Waals surface area (Å²) in [5.41, 5.74) is -5.13. The lowest BCUT2D eigenvalue weighted by Gasteiger charge is -2.09. The van der Waals surface area contributed by atoms with E-state index in [1.54, 1.807) is 18.3 Å². The van der Waals surface area contributed by atoms with Crippen LogP contribution in [-0.4, -0.2) is 28.8 Å². The molecule has 0 bridgehead atoms. The maximum absolute atomic E-state index is 12.0. The highest BCUT2D eigenvalue weighted by Gasteiger charge is 2.49. The molecule has 0 unspecified atom stereocenters. The Kier molecular flexibility index (Phi) is 8.76. The Morgan fingerprint density at radius 2 is 1.49 bits per heavy atom. The number of hydrogen-bond acceptors (Lipinski definition) is 9. The number of pyridine rings is 1. The van der Waals surface area contributed by atoms with E-state index < -0.39 is 32.0 Å². The first kappa shape index (κ1) is 27.5. The molecule has 1 heterocycles. The molecule has 0 atom stereocenters. The number of benzene rings is 2. The van der Waals surface area contributed by atoms with Crippen LogP contribution in [0.4, 0.5) is 24.5 Å². The van der Waals surface area contributed by atoms with Crippen LogP contribution < -0.4 is 4.18 Å². The van der Waals surface area contributed by atoms with E-state index in [-0.39, 0.29) is 10.6 Å². The topological polar surface area (TPSA) is 143 Å². The van der Waals surface area contributed by atoms with E-state index in [4.69, 9.17) is 0 Å². The van der Waals surface area contributed by atoms with Crippen LogP contribution in [0.5, 0.6) is 5.75 Å². The highest BCUT2D eigenvalue weighted by Crippen LogP contribution is 2.34. The minimum Gasteiger partial charge on any atom is -0.369 e. The molecule has 0 spiro atoms. The summed E-state index contributed by atoms with van der Waals surface area (Å²) in [7, 11) is -5.92. The van der Waals surface area contributed by atoms with Gasteiger partial charge < -0.3 is 4.18 Å². The molecule has 0 N–H and O–H groups in total. The zero-order valence-corrected chi connectivity index (χ0v) is 19.6. The van der Waals surface area contributed by atoms with Crippen LogP contribution in [0.15, 0.2) is 70.7 Å². The molecule has 1 aromatic heterocycles. The fraction of sp³-hybridized carbons (Fsp3) is 0.150. The van der Waals surface area contributed by atoms with Gasteiger partial charge in [-0.05, 0) is 49.2 Å². The summed E-state index contributed by atoms with van der Waals surface area (Å²) in [6, 6.07) is 13.6. The zero-order chi connectivity index (χ0) is 26.4. The molecule has 0 fully saturated rings. The summed E-state index contributed by atoms with van der Waals surface area (Å²) in [4.78, 5) is 24.8. The Morgan fingerprint density at radius 1 is 0.914 bits per heavy atom. The average molecular weight is 531 g/mol. The van der Waals surface area contributed by atoms with Crippen molar-refractivity contribution in [1.82, 2.24) is 4.98 Å². The normalized spacial score (nSPS) is 11.2. The van der Waals surface area contributed by atoms with Crippen LogP contribution in [0, 0.1) is 34.1 Å². The molecule has 3 aromatic rings. The molecule has 0 amide bonds. The molecule has 0 radical (unpaired) electrons. The van der Waals surface area contributed by atoms with Gasteiger partial charge in [0, 0.05) is 18.3 Å². The number of nitro benzene ring substituents is 2. The van der Waals surface area contributed by atoms with Crippen LogP contribution in [0.25, 0.3) is 0 Å². The molecule has 0 aliphatic carbocycles. The number of aryl methyl sites for hydroxylation is 2. The van der Waals surface area contributed by atoms with E-state index in [1.807, 2.05) is 31.2 Å². The zero-order valence-electron chi connectivity index (χ0n) is 17.9. The van der Waals surface area contributed by atoms with Gasteiger partial charge in [-0.2, -0.15) is 21.6 Å². The average Bonchev–Trinajstić information content (AvgIpc) is 2.76. The van der Waals surface area contributed by atoms with Crippen LogP contribution in [0.2, 0.25) is 0 Å². The Balaban J connectivity index is 0.000000247. The molecule has 0 saturated heterocycles. The summed E-state index contributed by atoms with van der Waals surface area (Å²) in [6.07, 6.45) is 1.67. The van der Waals surface area contributed by atoms with E-state index in [1.165, 1.54) is 24.8 Å². The third kappa shape index (κ3) is 7.65. The standard InChI is InChI=1S/C12H10N2O2S.C8H6F3NO5S/c1-9-5-6-11(10(8-9)14(15)16)17-12-4-2-3-7-13-12;1-5-2-3-7(6(4-5)12(13)14)17-18(15,16)8(9,10)11/h2-8H,1H3;2-4H,1H3. The van der Waals surface area contributed by atoms with Crippen molar-refractivity contribution in [3.63, 3.8) is 0 Å². The maximum atomic E-state index is 12.0. The predicted octanol–water partition coefficient (Wildman–Crippen LogP) is 5.58. The molecule has 186 valence electrons. The van der Waals surface area contributed by atoms with Crippen LogP contribution in [-0.2, 0) is 10.1 Å². The van der Waals surface area contributed by atoms with Gasteiger partial charge in [-0.1, -0.05) is 30.0 Å². The van der Waals surface area contributed by atoms with Crippen molar-refractivity contribution < 1.29 is 35.6 Å². The van der Waals surface area contributed by atoms with E-state index in [0.29, 0.717) is 10.5 Å². The minimum absolute atomic E-state index is 0.126. The van der Waals surface area contributed by atoms with Crippen molar-refractivity contribution in [2.45, 2.75) is 29.3 Å². The number of hydrogen-bond donors (Lipinski definition) is 0. The maximum Gasteiger partial charge on any atom is 0.534 e. The highest BCUT2D eigenvalue weighted by molar-refractivity contribution is 7.99. The van der Waals surface area contributed by atoms with Gasteiger partial charge in [-0.3, -0.25) is 20.2 Å². The summed E-state index contributed by atoms with van der Waals surface area (Å²) in [5.74, 6) is -0.983. The van der Waals surface area contributed by atoms with Crippen LogP contribution in [0.1, 0.15) is 11.1 Å². The minimum atomic E-state index is -5.92. The van der Waals surface area contributed by atoms with Gasteiger partial charge in [0.05, 0.1) is 14.7 Å². The summed E-state index contributed by atoms with van der Waals surface area (Å²) in [6.45, 7) is 3.29. The van der Waals surface area contributed by atoms with Crippen molar-refractivity contribution in [3.05, 3.63) is 92.1 Å². The van der Waals surface area contributed by atoms with Crippen molar-refractivity contribution >= 4 is 33.3 Å². The van der Waals surface area contributed by atoms with Gasteiger partial charge in [0.25, 0.3) is 5.69 Å². The Labute approximate surface area is 201 Å². The summed E-state index contributed by atoms with van der Waals surface area (Å²) < 4.78 is 61.3. The first-order chi connectivity index (χ1) is 16.2. The predicted molar refractivity (Wildman–Crippen MR) is 120 cm³/mol. The van der Waals surface area contributed by atoms with Crippen molar-refractivity contribution in [3.8, 4) is 5.75 Å². The monoisotopic (exact) mass is 531 g/mol. The van der Waals surface area contributed by atoms with Crippen LogP contribution >= 0.6 is 11.8 Å². The lowest BCUT2D eigenvalue weighted by atomic mass is 10.2. The van der Waals surface area contributed by atoms with Crippen molar-refractivity contribution in [2.75, 3.05) is 0 Å². The molecule has 35 heavy (non-hydrogen) atoms. The summed E-state index contributed by atoms with van der Waals surface area (Å²) >= 11 is 1.30. The first-order valence-electron chi connectivity index (χ1n) is 9.31. The largest absolute Gasteiger partial charge is 0.534 e. The highest BCUT2D eigenvalue weighted by atomic mass is 32.2. The van der Waals surface area contributed by atoms with Crippen LogP contribution in [0.3, 0.4) is 0 Å².